The molecule has 3 rings (SSSR count). The van der Waals surface area contributed by atoms with Crippen molar-refractivity contribution >= 4 is 17.7 Å². The summed E-state index contributed by atoms with van der Waals surface area (Å²) in [5.41, 5.74) is -0.332. The van der Waals surface area contributed by atoms with Crippen LogP contribution >= 0.6 is 0 Å². The molecule has 3 aliphatic rings. The standard InChI is InChI=1S/C11H18O4.C9H14O3/c1-10(2)4-5-11(14-6-7-15-11)8(10)9(12)13-3;1-9(2)5-4-6(10)7(9)8(11)12-3/h8H,4-7H2,1-3H3;7H,4-5H2,1-3H3. The second-order valence-electron chi connectivity index (χ2n) is 8.86. The molecule has 0 aromatic heterocycles. The minimum absolute atomic E-state index is 0.0202. The number of esters is 2. The zero-order chi connectivity index (χ0) is 20.5. The molecular formula is C20H32O7. The molecule has 27 heavy (non-hydrogen) atoms. The average Bonchev–Trinajstić information content (AvgIpc) is 3.25. The first-order valence-corrected chi connectivity index (χ1v) is 9.47. The van der Waals surface area contributed by atoms with Crippen molar-refractivity contribution in [3.05, 3.63) is 0 Å². The first kappa shape index (κ1) is 21.8. The molecule has 0 amide bonds. The van der Waals surface area contributed by atoms with Crippen LogP contribution in [0.4, 0.5) is 0 Å². The lowest BCUT2D eigenvalue weighted by Gasteiger charge is -2.33. The minimum Gasteiger partial charge on any atom is -0.469 e. The number of Topliss-reactive ketones (excluding diaryl/α,β-unsaturated/α-hetero) is 1. The lowest BCUT2D eigenvalue weighted by atomic mass is 9.80. The van der Waals surface area contributed by atoms with Crippen molar-refractivity contribution in [1.29, 1.82) is 0 Å². The molecular weight excluding hydrogens is 352 g/mol. The van der Waals surface area contributed by atoms with Crippen LogP contribution in [0.1, 0.15) is 53.4 Å². The second kappa shape index (κ2) is 7.87. The van der Waals surface area contributed by atoms with Crippen LogP contribution in [0.15, 0.2) is 0 Å². The molecule has 7 nitrogen and oxygen atoms in total. The zero-order valence-electron chi connectivity index (χ0n) is 17.3. The Kier molecular flexibility index (Phi) is 6.37. The van der Waals surface area contributed by atoms with Crippen molar-refractivity contribution in [3.63, 3.8) is 0 Å². The molecule has 0 aromatic rings. The van der Waals surface area contributed by atoms with Gasteiger partial charge < -0.3 is 18.9 Å². The number of methoxy groups -OCH3 is 2. The predicted molar refractivity (Wildman–Crippen MR) is 96.7 cm³/mol. The molecule has 0 N–H and O–H groups in total. The summed E-state index contributed by atoms with van der Waals surface area (Å²) in [5.74, 6) is -2.15. The van der Waals surface area contributed by atoms with Crippen molar-refractivity contribution in [1.82, 2.24) is 0 Å². The first-order chi connectivity index (χ1) is 12.5. The van der Waals surface area contributed by atoms with E-state index in [1.807, 2.05) is 13.8 Å². The maximum atomic E-state index is 11.8. The van der Waals surface area contributed by atoms with Crippen LogP contribution < -0.4 is 0 Å². The molecule has 1 aliphatic heterocycles. The highest BCUT2D eigenvalue weighted by atomic mass is 16.7. The number of ether oxygens (including phenoxy) is 4. The summed E-state index contributed by atoms with van der Waals surface area (Å²) in [5, 5.41) is 0. The van der Waals surface area contributed by atoms with Gasteiger partial charge in [0.1, 0.15) is 17.6 Å². The minimum atomic E-state index is -0.712. The highest BCUT2D eigenvalue weighted by Crippen LogP contribution is 2.53. The van der Waals surface area contributed by atoms with Gasteiger partial charge in [-0.05, 0) is 23.7 Å². The molecule has 2 atom stereocenters. The van der Waals surface area contributed by atoms with Gasteiger partial charge in [-0.2, -0.15) is 0 Å². The molecule has 0 bridgehead atoms. The number of carbonyl (C=O) groups is 3. The Bertz CT molecular complexity index is 587. The number of hydrogen-bond donors (Lipinski definition) is 0. The van der Waals surface area contributed by atoms with Gasteiger partial charge in [-0.3, -0.25) is 14.4 Å². The largest absolute Gasteiger partial charge is 0.469 e. The van der Waals surface area contributed by atoms with Gasteiger partial charge in [-0.15, -0.1) is 0 Å². The molecule has 154 valence electrons. The Morgan fingerprint density at radius 3 is 1.89 bits per heavy atom. The van der Waals surface area contributed by atoms with Crippen molar-refractivity contribution in [2.45, 2.75) is 59.2 Å². The molecule has 1 heterocycles. The molecule has 1 saturated heterocycles. The van der Waals surface area contributed by atoms with Gasteiger partial charge in [0, 0.05) is 12.8 Å². The first-order valence-electron chi connectivity index (χ1n) is 9.47. The SMILES string of the molecule is COC(=O)C1C(=O)CCC1(C)C.COC(=O)C1C(C)(C)CCC12OCCO2. The summed E-state index contributed by atoms with van der Waals surface area (Å²) in [6.45, 7) is 9.13. The van der Waals surface area contributed by atoms with Crippen LogP contribution in [0.3, 0.4) is 0 Å². The summed E-state index contributed by atoms with van der Waals surface area (Å²) in [7, 11) is 2.74. The Morgan fingerprint density at radius 1 is 0.889 bits per heavy atom. The summed E-state index contributed by atoms with van der Waals surface area (Å²) >= 11 is 0. The van der Waals surface area contributed by atoms with Gasteiger partial charge in [0.05, 0.1) is 27.4 Å². The topological polar surface area (TPSA) is 88.1 Å². The molecule has 0 radical (unpaired) electrons. The Morgan fingerprint density at radius 2 is 1.44 bits per heavy atom. The third-order valence-corrected chi connectivity index (χ3v) is 6.11. The van der Waals surface area contributed by atoms with Gasteiger partial charge >= 0.3 is 11.9 Å². The van der Waals surface area contributed by atoms with E-state index in [0.29, 0.717) is 19.6 Å². The van der Waals surface area contributed by atoms with E-state index in [1.165, 1.54) is 14.2 Å². The number of carbonyl (C=O) groups excluding carboxylic acids is 3. The third-order valence-electron chi connectivity index (χ3n) is 6.11. The molecule has 2 aliphatic carbocycles. The number of rotatable bonds is 2. The van der Waals surface area contributed by atoms with Gasteiger partial charge in [-0.1, -0.05) is 27.7 Å². The fourth-order valence-electron chi connectivity index (χ4n) is 4.52. The molecule has 2 saturated carbocycles. The van der Waals surface area contributed by atoms with Crippen LogP contribution in [-0.2, 0) is 33.3 Å². The number of ketones is 1. The van der Waals surface area contributed by atoms with E-state index >= 15 is 0 Å². The van der Waals surface area contributed by atoms with E-state index in [9.17, 15) is 14.4 Å². The summed E-state index contributed by atoms with van der Waals surface area (Å²) < 4.78 is 20.7. The molecule has 7 heteroatoms. The third kappa shape index (κ3) is 4.19. The van der Waals surface area contributed by atoms with E-state index in [4.69, 9.17) is 14.2 Å². The van der Waals surface area contributed by atoms with Gasteiger partial charge in [0.2, 0.25) is 0 Å². The zero-order valence-corrected chi connectivity index (χ0v) is 17.3. The summed E-state index contributed by atoms with van der Waals surface area (Å²) in [6.07, 6.45) is 2.99. The van der Waals surface area contributed by atoms with Crippen LogP contribution in [0.5, 0.6) is 0 Å². The van der Waals surface area contributed by atoms with Crippen molar-refractivity contribution < 1.29 is 33.3 Å². The van der Waals surface area contributed by atoms with Crippen molar-refractivity contribution in [2.24, 2.45) is 22.7 Å². The van der Waals surface area contributed by atoms with Crippen LogP contribution in [0.2, 0.25) is 0 Å². The second-order valence-corrected chi connectivity index (χ2v) is 8.86. The van der Waals surface area contributed by atoms with Crippen molar-refractivity contribution in [2.75, 3.05) is 27.4 Å². The summed E-state index contributed by atoms with van der Waals surface area (Å²) in [6, 6.07) is 0. The molecule has 3 fully saturated rings. The predicted octanol–water partition coefficient (Wildman–Crippen LogP) is 2.50. The normalized spacial score (nSPS) is 29.9. The fraction of sp³-hybridized carbons (Fsp3) is 0.850. The Balaban J connectivity index is 0.000000199. The van der Waals surface area contributed by atoms with E-state index in [2.05, 4.69) is 18.6 Å². The summed E-state index contributed by atoms with van der Waals surface area (Å²) in [4.78, 5) is 34.3. The van der Waals surface area contributed by atoms with Gasteiger partial charge in [-0.25, -0.2) is 0 Å². The maximum absolute atomic E-state index is 11.8. The van der Waals surface area contributed by atoms with Crippen LogP contribution in [0.25, 0.3) is 0 Å². The monoisotopic (exact) mass is 384 g/mol. The maximum Gasteiger partial charge on any atom is 0.316 e. The Hall–Kier alpha value is -1.47. The molecule has 0 aromatic carbocycles. The smallest absolute Gasteiger partial charge is 0.316 e. The highest BCUT2D eigenvalue weighted by Gasteiger charge is 2.60. The lowest BCUT2D eigenvalue weighted by Crippen LogP contribution is -2.44. The van der Waals surface area contributed by atoms with E-state index in [1.54, 1.807) is 0 Å². The quantitative estimate of drug-likeness (QED) is 0.534. The van der Waals surface area contributed by atoms with E-state index in [0.717, 1.165) is 19.3 Å². The highest BCUT2D eigenvalue weighted by molar-refractivity contribution is 6.01. The molecule has 2 unspecified atom stereocenters. The average molecular weight is 384 g/mol. The van der Waals surface area contributed by atoms with Gasteiger partial charge in [0.15, 0.2) is 5.79 Å². The van der Waals surface area contributed by atoms with Crippen molar-refractivity contribution in [3.8, 4) is 0 Å². The number of hydrogen-bond acceptors (Lipinski definition) is 7. The Labute approximate surface area is 161 Å². The fourth-order valence-corrected chi connectivity index (χ4v) is 4.52. The van der Waals surface area contributed by atoms with E-state index in [-0.39, 0.29) is 34.5 Å². The molecule has 1 spiro atoms. The van der Waals surface area contributed by atoms with E-state index < -0.39 is 11.7 Å². The van der Waals surface area contributed by atoms with Crippen LogP contribution in [0, 0.1) is 22.7 Å². The van der Waals surface area contributed by atoms with Crippen LogP contribution in [-0.4, -0.2) is 50.9 Å². The lowest BCUT2D eigenvalue weighted by molar-refractivity contribution is -0.206. The van der Waals surface area contributed by atoms with Gasteiger partial charge in [0.25, 0.3) is 0 Å².